The number of nitrogens with two attached hydrogens (primary N) is 1. The van der Waals surface area contributed by atoms with Crippen LogP contribution in [0.3, 0.4) is 0 Å². The lowest BCUT2D eigenvalue weighted by molar-refractivity contribution is -0.135. The van der Waals surface area contributed by atoms with Crippen LogP contribution in [-0.2, 0) is 11.3 Å². The Labute approximate surface area is 113 Å². The van der Waals surface area contributed by atoms with Crippen LogP contribution in [0.1, 0.15) is 32.6 Å². The molecule has 1 atom stereocenters. The van der Waals surface area contributed by atoms with Crippen LogP contribution < -0.4 is 11.3 Å². The summed E-state index contributed by atoms with van der Waals surface area (Å²) < 4.78 is 1.39. The van der Waals surface area contributed by atoms with Gasteiger partial charge in [-0.1, -0.05) is 6.92 Å². The molecule has 5 nitrogen and oxygen atoms in total. The zero-order valence-electron chi connectivity index (χ0n) is 11.3. The van der Waals surface area contributed by atoms with Crippen LogP contribution in [0.15, 0.2) is 23.1 Å². The van der Waals surface area contributed by atoms with Gasteiger partial charge in [0.2, 0.25) is 5.91 Å². The number of piperidine rings is 1. The molecule has 5 heteroatoms. The van der Waals surface area contributed by atoms with Gasteiger partial charge in [-0.2, -0.15) is 0 Å². The topological polar surface area (TPSA) is 68.3 Å². The van der Waals surface area contributed by atoms with Gasteiger partial charge in [0.25, 0.3) is 5.56 Å². The van der Waals surface area contributed by atoms with E-state index in [4.69, 9.17) is 5.73 Å². The number of anilines is 1. The second-order valence-electron chi connectivity index (χ2n) is 5.07. The summed E-state index contributed by atoms with van der Waals surface area (Å²) in [5.74, 6) is 0.0132. The van der Waals surface area contributed by atoms with E-state index in [1.54, 1.807) is 6.07 Å². The summed E-state index contributed by atoms with van der Waals surface area (Å²) in [6.07, 6.45) is 5.80. The summed E-state index contributed by atoms with van der Waals surface area (Å²) in [4.78, 5) is 25.9. The molecule has 0 aromatic carbocycles. The second kappa shape index (κ2) is 5.91. The molecule has 2 heterocycles. The predicted octanol–water partition coefficient (Wildman–Crippen LogP) is 1.22. The molecule has 0 saturated carbocycles. The minimum absolute atomic E-state index is 0.0132. The van der Waals surface area contributed by atoms with E-state index in [-0.39, 0.29) is 18.0 Å². The summed E-state index contributed by atoms with van der Waals surface area (Å²) in [5, 5.41) is 0. The van der Waals surface area contributed by atoms with E-state index in [2.05, 4.69) is 6.92 Å². The number of aromatic nitrogens is 1. The number of hydrogen-bond donors (Lipinski definition) is 1. The van der Waals surface area contributed by atoms with Crippen molar-refractivity contribution in [3.63, 3.8) is 0 Å². The molecule has 0 aliphatic carbocycles. The van der Waals surface area contributed by atoms with Crippen LogP contribution in [0.5, 0.6) is 0 Å². The molecule has 1 saturated heterocycles. The summed E-state index contributed by atoms with van der Waals surface area (Å²) in [7, 11) is 0. The Bertz CT molecular complexity index is 510. The SMILES string of the molecule is CCC1CCCCN1C(=O)Cn1cc(N)ccc1=O. The largest absolute Gasteiger partial charge is 0.398 e. The lowest BCUT2D eigenvalue weighted by Gasteiger charge is -2.35. The van der Waals surface area contributed by atoms with Crippen molar-refractivity contribution < 1.29 is 4.79 Å². The predicted molar refractivity (Wildman–Crippen MR) is 74.8 cm³/mol. The molecule has 2 rings (SSSR count). The molecule has 1 aromatic heterocycles. The molecule has 1 aliphatic rings. The molecule has 1 aliphatic heterocycles. The Kier molecular flexibility index (Phi) is 4.24. The smallest absolute Gasteiger partial charge is 0.251 e. The van der Waals surface area contributed by atoms with Gasteiger partial charge in [-0.25, -0.2) is 0 Å². The van der Waals surface area contributed by atoms with Gasteiger partial charge in [-0.05, 0) is 31.7 Å². The van der Waals surface area contributed by atoms with Crippen LogP contribution in [0.4, 0.5) is 5.69 Å². The van der Waals surface area contributed by atoms with Gasteiger partial charge in [-0.3, -0.25) is 9.59 Å². The van der Waals surface area contributed by atoms with Crippen molar-refractivity contribution in [2.75, 3.05) is 12.3 Å². The maximum atomic E-state index is 12.3. The van der Waals surface area contributed by atoms with Crippen molar-refractivity contribution in [2.45, 2.75) is 45.2 Å². The highest BCUT2D eigenvalue weighted by Gasteiger charge is 2.25. The lowest BCUT2D eigenvalue weighted by atomic mass is 10.00. The molecule has 19 heavy (non-hydrogen) atoms. The molecule has 2 N–H and O–H groups in total. The number of carbonyl (C=O) groups is 1. The maximum absolute atomic E-state index is 12.3. The van der Waals surface area contributed by atoms with Crippen molar-refractivity contribution in [1.29, 1.82) is 0 Å². The van der Waals surface area contributed by atoms with E-state index < -0.39 is 0 Å². The highest BCUT2D eigenvalue weighted by molar-refractivity contribution is 5.76. The Morgan fingerprint density at radius 1 is 1.42 bits per heavy atom. The number of rotatable bonds is 3. The van der Waals surface area contributed by atoms with Crippen molar-refractivity contribution in [3.8, 4) is 0 Å². The number of nitrogens with zero attached hydrogens (tertiary/aromatic N) is 2. The van der Waals surface area contributed by atoms with E-state index in [0.29, 0.717) is 11.7 Å². The normalized spacial score (nSPS) is 19.4. The number of likely N-dealkylation sites (tertiary alicyclic amines) is 1. The zero-order chi connectivity index (χ0) is 13.8. The first-order chi connectivity index (χ1) is 9.11. The summed E-state index contributed by atoms with van der Waals surface area (Å²) in [5.41, 5.74) is 5.96. The van der Waals surface area contributed by atoms with E-state index >= 15 is 0 Å². The van der Waals surface area contributed by atoms with Gasteiger partial charge in [0.15, 0.2) is 0 Å². The second-order valence-corrected chi connectivity index (χ2v) is 5.07. The fraction of sp³-hybridized carbons (Fsp3) is 0.571. The average molecular weight is 263 g/mol. The Hall–Kier alpha value is -1.78. The lowest BCUT2D eigenvalue weighted by Crippen LogP contribution is -2.45. The number of carbonyl (C=O) groups excluding carboxylic acids is 1. The van der Waals surface area contributed by atoms with Gasteiger partial charge in [0, 0.05) is 30.5 Å². The van der Waals surface area contributed by atoms with Crippen LogP contribution >= 0.6 is 0 Å². The van der Waals surface area contributed by atoms with Crippen molar-refractivity contribution >= 4 is 11.6 Å². The zero-order valence-corrected chi connectivity index (χ0v) is 11.3. The molecule has 0 bridgehead atoms. The standard InChI is InChI=1S/C14H21N3O2/c1-2-12-5-3-4-8-17(12)14(19)10-16-9-11(15)6-7-13(16)18/h6-7,9,12H,2-5,8,10,15H2,1H3. The summed E-state index contributed by atoms with van der Waals surface area (Å²) >= 11 is 0. The molecular formula is C14H21N3O2. The fourth-order valence-corrected chi connectivity index (χ4v) is 2.66. The highest BCUT2D eigenvalue weighted by atomic mass is 16.2. The maximum Gasteiger partial charge on any atom is 0.251 e. The van der Waals surface area contributed by atoms with E-state index in [1.807, 2.05) is 4.90 Å². The van der Waals surface area contributed by atoms with E-state index in [0.717, 1.165) is 25.8 Å². The first kappa shape index (κ1) is 13.6. The Morgan fingerprint density at radius 2 is 2.21 bits per heavy atom. The third-order valence-corrected chi connectivity index (χ3v) is 3.73. The first-order valence-electron chi connectivity index (χ1n) is 6.87. The van der Waals surface area contributed by atoms with Gasteiger partial charge in [0.1, 0.15) is 6.54 Å². The molecule has 1 fully saturated rings. The van der Waals surface area contributed by atoms with Crippen molar-refractivity contribution in [2.24, 2.45) is 0 Å². The Morgan fingerprint density at radius 3 is 2.95 bits per heavy atom. The highest BCUT2D eigenvalue weighted by Crippen LogP contribution is 2.19. The summed E-state index contributed by atoms with van der Waals surface area (Å²) in [6.45, 7) is 2.98. The Balaban J connectivity index is 2.11. The van der Waals surface area contributed by atoms with Crippen LogP contribution in [-0.4, -0.2) is 28.0 Å². The van der Waals surface area contributed by atoms with Gasteiger partial charge in [0.05, 0.1) is 0 Å². The average Bonchev–Trinajstić information content (AvgIpc) is 2.42. The minimum Gasteiger partial charge on any atom is -0.398 e. The molecule has 1 amide bonds. The molecule has 104 valence electrons. The van der Waals surface area contributed by atoms with E-state index in [9.17, 15) is 9.59 Å². The van der Waals surface area contributed by atoms with Crippen LogP contribution in [0.2, 0.25) is 0 Å². The number of amides is 1. The van der Waals surface area contributed by atoms with Gasteiger partial charge < -0.3 is 15.2 Å². The molecule has 1 aromatic rings. The monoisotopic (exact) mass is 263 g/mol. The molecule has 1 unspecified atom stereocenters. The van der Waals surface area contributed by atoms with Gasteiger partial charge >= 0.3 is 0 Å². The molecule has 0 radical (unpaired) electrons. The quantitative estimate of drug-likeness (QED) is 0.891. The van der Waals surface area contributed by atoms with Crippen molar-refractivity contribution in [3.05, 3.63) is 28.7 Å². The van der Waals surface area contributed by atoms with Crippen molar-refractivity contribution in [1.82, 2.24) is 9.47 Å². The van der Waals surface area contributed by atoms with Gasteiger partial charge in [-0.15, -0.1) is 0 Å². The van der Waals surface area contributed by atoms with E-state index in [1.165, 1.54) is 23.3 Å². The third kappa shape index (κ3) is 3.16. The minimum atomic E-state index is -0.187. The number of nitrogen functional groups attached to an aromatic ring is 1. The van der Waals surface area contributed by atoms with Crippen LogP contribution in [0, 0.1) is 0 Å². The third-order valence-electron chi connectivity index (χ3n) is 3.73. The summed E-state index contributed by atoms with van der Waals surface area (Å²) in [6, 6.07) is 3.27. The fourth-order valence-electron chi connectivity index (χ4n) is 2.66. The number of pyridine rings is 1. The molecule has 0 spiro atoms. The molecular weight excluding hydrogens is 242 g/mol. The first-order valence-corrected chi connectivity index (χ1v) is 6.87. The number of hydrogen-bond acceptors (Lipinski definition) is 3. The van der Waals surface area contributed by atoms with Crippen LogP contribution in [0.25, 0.3) is 0 Å².